The molecule has 0 radical (unpaired) electrons. The Hall–Kier alpha value is -2.31. The van der Waals surface area contributed by atoms with Crippen molar-refractivity contribution in [2.24, 2.45) is 5.92 Å². The van der Waals surface area contributed by atoms with E-state index in [-0.39, 0.29) is 23.6 Å². The minimum atomic E-state index is -0.140. The first kappa shape index (κ1) is 21.4. The number of carbonyl (C=O) groups excluding carboxylic acids is 2. The van der Waals surface area contributed by atoms with Crippen LogP contribution >= 0.6 is 0 Å². The van der Waals surface area contributed by atoms with Crippen LogP contribution in [-0.2, 0) is 11.3 Å². The van der Waals surface area contributed by atoms with Crippen molar-refractivity contribution in [1.29, 1.82) is 0 Å². The zero-order valence-electron chi connectivity index (χ0n) is 17.3. The summed E-state index contributed by atoms with van der Waals surface area (Å²) in [7, 11) is 0. The second-order valence-corrected chi connectivity index (χ2v) is 8.27. The van der Waals surface area contributed by atoms with Gasteiger partial charge in [-0.1, -0.05) is 25.3 Å². The molecule has 160 valence electrons. The number of urea groups is 1. The lowest BCUT2D eigenvalue weighted by molar-refractivity contribution is -0.137. The Balaban J connectivity index is 1.27. The molecule has 0 aromatic carbocycles. The fourth-order valence-corrected chi connectivity index (χ4v) is 4.34. The van der Waals surface area contributed by atoms with E-state index in [0.717, 1.165) is 51.6 Å². The van der Waals surface area contributed by atoms with Crippen molar-refractivity contribution in [1.82, 2.24) is 20.1 Å². The number of nitrogens with zero attached hydrogens (tertiary/aromatic N) is 2. The highest BCUT2D eigenvalue weighted by Gasteiger charge is 2.29. The Morgan fingerprint density at radius 1 is 1.00 bits per heavy atom. The zero-order valence-corrected chi connectivity index (χ0v) is 17.3. The third-order valence-corrected chi connectivity index (χ3v) is 6.11. The molecule has 3 amide bonds. The lowest BCUT2D eigenvalue weighted by Gasteiger charge is -2.35. The van der Waals surface area contributed by atoms with Crippen LogP contribution in [0.1, 0.15) is 57.8 Å². The van der Waals surface area contributed by atoms with Crippen molar-refractivity contribution >= 4 is 11.9 Å². The third-order valence-electron chi connectivity index (χ3n) is 6.11. The smallest absolute Gasteiger partial charge is 0.315 e. The molecule has 1 aliphatic heterocycles. The van der Waals surface area contributed by atoms with E-state index in [4.69, 9.17) is 0 Å². The van der Waals surface area contributed by atoms with Crippen molar-refractivity contribution in [2.75, 3.05) is 19.6 Å². The predicted molar refractivity (Wildman–Crippen MR) is 113 cm³/mol. The first-order valence-electron chi connectivity index (χ1n) is 11.1. The number of hydrogen-bond donors (Lipinski definition) is 2. The van der Waals surface area contributed by atoms with E-state index in [2.05, 4.69) is 10.6 Å². The number of carbonyl (C=O) groups is 2. The molecule has 29 heavy (non-hydrogen) atoms. The topological polar surface area (TPSA) is 83.4 Å². The van der Waals surface area contributed by atoms with Gasteiger partial charge >= 0.3 is 6.03 Å². The van der Waals surface area contributed by atoms with Gasteiger partial charge in [-0.15, -0.1) is 0 Å². The molecule has 2 heterocycles. The molecule has 0 bridgehead atoms. The van der Waals surface area contributed by atoms with E-state index in [9.17, 15) is 14.4 Å². The molecule has 7 heteroatoms. The van der Waals surface area contributed by atoms with Crippen LogP contribution in [0, 0.1) is 5.92 Å². The molecule has 3 rings (SSSR count). The van der Waals surface area contributed by atoms with Gasteiger partial charge in [-0.25, -0.2) is 4.79 Å². The summed E-state index contributed by atoms with van der Waals surface area (Å²) in [5.74, 6) is 0.549. The van der Waals surface area contributed by atoms with Gasteiger partial charge in [-0.05, 0) is 44.6 Å². The Morgan fingerprint density at radius 2 is 1.76 bits per heavy atom. The van der Waals surface area contributed by atoms with Gasteiger partial charge in [0.1, 0.15) is 0 Å². The van der Waals surface area contributed by atoms with E-state index in [0.29, 0.717) is 19.0 Å². The molecule has 7 nitrogen and oxygen atoms in total. The first-order chi connectivity index (χ1) is 14.1. The van der Waals surface area contributed by atoms with Crippen LogP contribution in [0.15, 0.2) is 29.2 Å². The van der Waals surface area contributed by atoms with E-state index in [1.54, 1.807) is 22.9 Å². The van der Waals surface area contributed by atoms with Gasteiger partial charge in [0.15, 0.2) is 0 Å². The lowest BCUT2D eigenvalue weighted by atomic mass is 9.87. The summed E-state index contributed by atoms with van der Waals surface area (Å²) in [5.41, 5.74) is 0.00603. The van der Waals surface area contributed by atoms with Crippen molar-refractivity contribution in [3.05, 3.63) is 34.7 Å². The molecule has 0 spiro atoms. The zero-order chi connectivity index (χ0) is 20.5. The fourth-order valence-electron chi connectivity index (χ4n) is 4.34. The lowest BCUT2D eigenvalue weighted by Crippen LogP contribution is -2.50. The highest BCUT2D eigenvalue weighted by molar-refractivity contribution is 5.79. The van der Waals surface area contributed by atoms with E-state index in [1.807, 2.05) is 11.0 Å². The average molecular weight is 403 g/mol. The Labute approximate surface area is 172 Å². The van der Waals surface area contributed by atoms with Crippen molar-refractivity contribution in [2.45, 2.75) is 70.4 Å². The van der Waals surface area contributed by atoms with Gasteiger partial charge in [0.25, 0.3) is 0 Å². The van der Waals surface area contributed by atoms with Crippen LogP contribution in [-0.4, -0.2) is 47.1 Å². The maximum atomic E-state index is 12.6. The molecule has 1 saturated carbocycles. The molecule has 0 unspecified atom stereocenters. The van der Waals surface area contributed by atoms with Crippen LogP contribution in [0.2, 0.25) is 0 Å². The quantitative estimate of drug-likeness (QED) is 0.688. The van der Waals surface area contributed by atoms with Gasteiger partial charge < -0.3 is 20.1 Å². The molecule has 0 atom stereocenters. The number of rotatable bonds is 7. The number of hydrogen-bond acceptors (Lipinski definition) is 3. The maximum absolute atomic E-state index is 12.6. The Bertz CT molecular complexity index is 719. The highest BCUT2D eigenvalue weighted by atomic mass is 16.2. The first-order valence-corrected chi connectivity index (χ1v) is 11.1. The fraction of sp³-hybridized carbons (Fsp3) is 0.682. The highest BCUT2D eigenvalue weighted by Crippen LogP contribution is 2.26. The van der Waals surface area contributed by atoms with Crippen molar-refractivity contribution < 1.29 is 9.59 Å². The number of pyridine rings is 1. The Morgan fingerprint density at radius 3 is 2.48 bits per heavy atom. The number of aryl methyl sites for hydroxylation is 1. The van der Waals surface area contributed by atoms with Gasteiger partial charge in [-0.3, -0.25) is 9.59 Å². The second kappa shape index (κ2) is 11.0. The van der Waals surface area contributed by atoms with Crippen LogP contribution in [0.3, 0.4) is 0 Å². The predicted octanol–water partition coefficient (Wildman–Crippen LogP) is 2.50. The summed E-state index contributed by atoms with van der Waals surface area (Å²) >= 11 is 0. The van der Waals surface area contributed by atoms with Crippen LogP contribution in [0.4, 0.5) is 4.79 Å². The number of likely N-dealkylation sites (tertiary alicyclic amines) is 1. The molecule has 2 fully saturated rings. The average Bonchev–Trinajstić information content (AvgIpc) is 2.75. The minimum absolute atomic E-state index is 0.00603. The van der Waals surface area contributed by atoms with E-state index in [1.165, 1.54) is 19.3 Å². The molecular weight excluding hydrogens is 368 g/mol. The summed E-state index contributed by atoms with van der Waals surface area (Å²) in [4.78, 5) is 38.3. The second-order valence-electron chi connectivity index (χ2n) is 8.27. The molecular formula is C22H34N4O3. The molecule has 1 aliphatic carbocycles. The third kappa shape index (κ3) is 6.61. The molecule has 1 aromatic heterocycles. The molecule has 1 saturated heterocycles. The van der Waals surface area contributed by atoms with Crippen LogP contribution in [0.5, 0.6) is 0 Å². The van der Waals surface area contributed by atoms with Crippen molar-refractivity contribution in [3.8, 4) is 0 Å². The van der Waals surface area contributed by atoms with Crippen LogP contribution in [0.25, 0.3) is 0 Å². The SMILES string of the molecule is O=C(NCCCCn1ccccc1=O)NC1CCN(C(=O)C2CCCCC2)CC1. The molecule has 2 N–H and O–H groups in total. The van der Waals surface area contributed by atoms with Gasteiger partial charge in [0.2, 0.25) is 11.5 Å². The number of amides is 3. The molecule has 1 aromatic rings. The van der Waals surface area contributed by atoms with E-state index < -0.39 is 0 Å². The van der Waals surface area contributed by atoms with Crippen LogP contribution < -0.4 is 16.2 Å². The monoisotopic (exact) mass is 402 g/mol. The Kier molecular flexibility index (Phi) is 8.14. The maximum Gasteiger partial charge on any atom is 0.315 e. The summed E-state index contributed by atoms with van der Waals surface area (Å²) in [6, 6.07) is 5.13. The van der Waals surface area contributed by atoms with Gasteiger partial charge in [0.05, 0.1) is 0 Å². The normalized spacial score (nSPS) is 18.4. The molecule has 2 aliphatic rings. The summed E-state index contributed by atoms with van der Waals surface area (Å²) in [6.07, 6.45) is 10.8. The largest absolute Gasteiger partial charge is 0.342 e. The number of nitrogens with one attached hydrogen (secondary N) is 2. The standard InChI is InChI=1S/C22H34N4O3/c27-20-10-4-6-14-25(20)15-7-5-13-23-22(29)24-19-11-16-26(17-12-19)21(28)18-8-2-1-3-9-18/h4,6,10,14,18-19H,1-3,5,7-9,11-13,15-17H2,(H2,23,24,29). The number of piperidine rings is 1. The van der Waals surface area contributed by atoms with Gasteiger partial charge in [0, 0.05) is 50.4 Å². The minimum Gasteiger partial charge on any atom is -0.342 e. The van der Waals surface area contributed by atoms with E-state index >= 15 is 0 Å². The summed E-state index contributed by atoms with van der Waals surface area (Å²) < 4.78 is 1.68. The number of unbranched alkanes of at least 4 members (excludes halogenated alkanes) is 1. The summed E-state index contributed by atoms with van der Waals surface area (Å²) in [6.45, 7) is 2.74. The number of aromatic nitrogens is 1. The summed E-state index contributed by atoms with van der Waals surface area (Å²) in [5, 5.41) is 5.93. The van der Waals surface area contributed by atoms with Crippen molar-refractivity contribution in [3.63, 3.8) is 0 Å². The van der Waals surface area contributed by atoms with Gasteiger partial charge in [-0.2, -0.15) is 0 Å².